The molecule has 0 heterocycles. The predicted molar refractivity (Wildman–Crippen MR) is 135 cm³/mol. The standard InChI is InChI=1S/C27H37N3O4/c1-18-12-11-14-20(16-18)23(24(32)29-21-15-10-9-13-19(21)2)30(26(3,4)5)22(31)17-28-25(33)34-27(6,7)8/h9-16,23H,17H2,1-8H3,(H,28,33)(H,29,32). The molecule has 2 N–H and O–H groups in total. The molecule has 7 heteroatoms. The van der Waals surface area contributed by atoms with E-state index in [4.69, 9.17) is 4.74 Å². The minimum atomic E-state index is -0.910. The molecule has 2 rings (SSSR count). The van der Waals surface area contributed by atoms with E-state index in [1.54, 1.807) is 20.8 Å². The molecule has 0 aliphatic heterocycles. The molecule has 34 heavy (non-hydrogen) atoms. The van der Waals surface area contributed by atoms with E-state index < -0.39 is 29.2 Å². The second kappa shape index (κ2) is 10.7. The summed E-state index contributed by atoms with van der Waals surface area (Å²) in [5.41, 5.74) is 1.85. The van der Waals surface area contributed by atoms with E-state index in [0.717, 1.165) is 11.1 Å². The quantitative estimate of drug-likeness (QED) is 0.616. The summed E-state index contributed by atoms with van der Waals surface area (Å²) in [6.07, 6.45) is -0.689. The molecule has 0 spiro atoms. The number of benzene rings is 2. The number of alkyl carbamates (subject to hydrolysis) is 1. The van der Waals surface area contributed by atoms with Crippen LogP contribution in [-0.4, -0.2) is 40.5 Å². The summed E-state index contributed by atoms with van der Waals surface area (Å²) in [5, 5.41) is 5.51. The Morgan fingerprint density at radius 1 is 0.941 bits per heavy atom. The van der Waals surface area contributed by atoms with Crippen LogP contribution in [0.3, 0.4) is 0 Å². The number of amides is 3. The zero-order valence-electron chi connectivity index (χ0n) is 21.5. The van der Waals surface area contributed by atoms with Crippen LogP contribution in [-0.2, 0) is 14.3 Å². The Kier molecular flexibility index (Phi) is 8.48. The number of hydrogen-bond donors (Lipinski definition) is 2. The lowest BCUT2D eigenvalue weighted by atomic mass is 9.95. The maximum absolute atomic E-state index is 13.7. The highest BCUT2D eigenvalue weighted by Gasteiger charge is 2.38. The van der Waals surface area contributed by atoms with Crippen LogP contribution in [0.1, 0.15) is 64.3 Å². The minimum absolute atomic E-state index is 0.299. The summed E-state index contributed by atoms with van der Waals surface area (Å²) in [7, 11) is 0. The number of ether oxygens (including phenoxy) is 1. The van der Waals surface area contributed by atoms with E-state index in [-0.39, 0.29) is 12.5 Å². The van der Waals surface area contributed by atoms with Crippen molar-refractivity contribution in [1.82, 2.24) is 10.2 Å². The van der Waals surface area contributed by atoms with Gasteiger partial charge in [0.25, 0.3) is 5.91 Å². The molecule has 184 valence electrons. The smallest absolute Gasteiger partial charge is 0.408 e. The Morgan fingerprint density at radius 3 is 2.15 bits per heavy atom. The molecule has 0 bridgehead atoms. The van der Waals surface area contributed by atoms with Crippen LogP contribution in [0, 0.1) is 13.8 Å². The fourth-order valence-corrected chi connectivity index (χ4v) is 3.62. The van der Waals surface area contributed by atoms with Crippen molar-refractivity contribution in [3.63, 3.8) is 0 Å². The zero-order valence-corrected chi connectivity index (χ0v) is 21.5. The lowest BCUT2D eigenvalue weighted by molar-refractivity contribution is -0.144. The largest absolute Gasteiger partial charge is 0.444 e. The molecular formula is C27H37N3O4. The average Bonchev–Trinajstić information content (AvgIpc) is 2.69. The third-order valence-corrected chi connectivity index (χ3v) is 5.04. The highest BCUT2D eigenvalue weighted by molar-refractivity contribution is 5.99. The van der Waals surface area contributed by atoms with Crippen molar-refractivity contribution in [2.45, 2.75) is 72.6 Å². The first-order valence-corrected chi connectivity index (χ1v) is 11.4. The Balaban J connectivity index is 2.42. The first kappa shape index (κ1) is 26.9. The molecule has 2 aromatic carbocycles. The van der Waals surface area contributed by atoms with Gasteiger partial charge >= 0.3 is 6.09 Å². The molecule has 1 atom stereocenters. The summed E-state index contributed by atoms with van der Waals surface area (Å²) in [4.78, 5) is 40.8. The third-order valence-electron chi connectivity index (χ3n) is 5.04. The van der Waals surface area contributed by atoms with Gasteiger partial charge in [-0.25, -0.2) is 4.79 Å². The van der Waals surface area contributed by atoms with E-state index >= 15 is 0 Å². The predicted octanol–water partition coefficient (Wildman–Crippen LogP) is 5.14. The van der Waals surface area contributed by atoms with E-state index in [9.17, 15) is 14.4 Å². The first-order chi connectivity index (χ1) is 15.7. The maximum atomic E-state index is 13.7. The Hall–Kier alpha value is -3.35. The number of para-hydroxylation sites is 1. The zero-order chi connectivity index (χ0) is 25.7. The molecule has 1 unspecified atom stereocenters. The fourth-order valence-electron chi connectivity index (χ4n) is 3.62. The van der Waals surface area contributed by atoms with Gasteiger partial charge in [0.15, 0.2) is 0 Å². The van der Waals surface area contributed by atoms with Gasteiger partial charge in [-0.05, 0) is 72.6 Å². The highest BCUT2D eigenvalue weighted by Crippen LogP contribution is 2.31. The number of anilines is 1. The molecule has 0 fully saturated rings. The summed E-state index contributed by atoms with van der Waals surface area (Å²) in [6, 6.07) is 14.1. The maximum Gasteiger partial charge on any atom is 0.408 e. The molecule has 0 radical (unpaired) electrons. The van der Waals surface area contributed by atoms with Crippen molar-refractivity contribution in [3.8, 4) is 0 Å². The van der Waals surface area contributed by atoms with Crippen LogP contribution in [0.5, 0.6) is 0 Å². The first-order valence-electron chi connectivity index (χ1n) is 11.4. The molecule has 7 nitrogen and oxygen atoms in total. The van der Waals surface area contributed by atoms with E-state index in [2.05, 4.69) is 10.6 Å². The van der Waals surface area contributed by atoms with Gasteiger partial charge in [0.05, 0.1) is 0 Å². The molecule has 0 saturated heterocycles. The van der Waals surface area contributed by atoms with Gasteiger partial charge in [0.1, 0.15) is 18.2 Å². The van der Waals surface area contributed by atoms with Crippen LogP contribution in [0.2, 0.25) is 0 Å². The number of rotatable bonds is 6. The van der Waals surface area contributed by atoms with Gasteiger partial charge in [-0.1, -0.05) is 48.0 Å². The third kappa shape index (κ3) is 7.61. The van der Waals surface area contributed by atoms with Crippen LogP contribution in [0.4, 0.5) is 10.5 Å². The van der Waals surface area contributed by atoms with E-state index in [1.165, 1.54) is 4.90 Å². The van der Waals surface area contributed by atoms with Crippen molar-refractivity contribution >= 4 is 23.6 Å². The molecule has 0 saturated carbocycles. The number of hydrogen-bond acceptors (Lipinski definition) is 4. The van der Waals surface area contributed by atoms with Crippen molar-refractivity contribution in [2.75, 3.05) is 11.9 Å². The van der Waals surface area contributed by atoms with Gasteiger partial charge in [0, 0.05) is 11.2 Å². The molecule has 2 aromatic rings. The molecule has 0 aliphatic rings. The Bertz CT molecular complexity index is 1030. The van der Waals surface area contributed by atoms with Crippen molar-refractivity contribution in [2.24, 2.45) is 0 Å². The number of aryl methyl sites for hydroxylation is 2. The molecule has 0 aromatic heterocycles. The van der Waals surface area contributed by atoms with E-state index in [1.807, 2.05) is 83.1 Å². The monoisotopic (exact) mass is 467 g/mol. The van der Waals surface area contributed by atoms with Crippen LogP contribution in [0.25, 0.3) is 0 Å². The summed E-state index contributed by atoms with van der Waals surface area (Å²) >= 11 is 0. The van der Waals surface area contributed by atoms with Crippen molar-refractivity contribution in [3.05, 3.63) is 65.2 Å². The Labute approximate surface area is 202 Å². The number of nitrogens with zero attached hydrogens (tertiary/aromatic N) is 1. The van der Waals surface area contributed by atoms with Crippen LogP contribution >= 0.6 is 0 Å². The number of nitrogens with one attached hydrogen (secondary N) is 2. The van der Waals surface area contributed by atoms with Crippen LogP contribution < -0.4 is 10.6 Å². The topological polar surface area (TPSA) is 87.7 Å². The lowest BCUT2D eigenvalue weighted by Crippen LogP contribution is -2.54. The van der Waals surface area contributed by atoms with Gasteiger partial charge < -0.3 is 20.3 Å². The van der Waals surface area contributed by atoms with E-state index in [0.29, 0.717) is 11.3 Å². The van der Waals surface area contributed by atoms with Gasteiger partial charge in [-0.2, -0.15) is 0 Å². The van der Waals surface area contributed by atoms with Gasteiger partial charge in [-0.3, -0.25) is 9.59 Å². The minimum Gasteiger partial charge on any atom is -0.444 e. The summed E-state index contributed by atoms with van der Waals surface area (Å²) in [6.45, 7) is 14.4. The summed E-state index contributed by atoms with van der Waals surface area (Å²) < 4.78 is 5.25. The second-order valence-corrected chi connectivity index (χ2v) is 10.4. The fraction of sp³-hybridized carbons (Fsp3) is 0.444. The van der Waals surface area contributed by atoms with Gasteiger partial charge in [0.2, 0.25) is 5.91 Å². The lowest BCUT2D eigenvalue weighted by Gasteiger charge is -2.41. The summed E-state index contributed by atoms with van der Waals surface area (Å²) in [5.74, 6) is -0.731. The van der Waals surface area contributed by atoms with Gasteiger partial charge in [-0.15, -0.1) is 0 Å². The van der Waals surface area contributed by atoms with Crippen LogP contribution in [0.15, 0.2) is 48.5 Å². The number of carbonyl (C=O) groups excluding carboxylic acids is 3. The average molecular weight is 468 g/mol. The van der Waals surface area contributed by atoms with Crippen molar-refractivity contribution in [1.29, 1.82) is 0 Å². The number of carbonyl (C=O) groups is 3. The molecule has 3 amide bonds. The SMILES string of the molecule is Cc1cccc(C(C(=O)Nc2ccccc2C)N(C(=O)CNC(=O)OC(C)(C)C)C(C)(C)C)c1. The highest BCUT2D eigenvalue weighted by atomic mass is 16.6. The van der Waals surface area contributed by atoms with Crippen molar-refractivity contribution < 1.29 is 19.1 Å². The Morgan fingerprint density at radius 2 is 1.59 bits per heavy atom. The molecular weight excluding hydrogens is 430 g/mol. The molecule has 0 aliphatic carbocycles. The second-order valence-electron chi connectivity index (χ2n) is 10.4. The normalized spacial score (nSPS) is 12.5.